The lowest BCUT2D eigenvalue weighted by atomic mass is 10.1. The number of aromatic nitrogens is 2. The average molecular weight is 226 g/mol. The van der Waals surface area contributed by atoms with Crippen LogP contribution in [0.15, 0.2) is 12.4 Å². The maximum Gasteiger partial charge on any atom is 0.306 e. The molecule has 0 saturated heterocycles. The minimum Gasteiger partial charge on any atom is -0.312 e. The van der Waals surface area contributed by atoms with E-state index in [1.54, 1.807) is 4.68 Å². The molecular weight excluding hydrogens is 208 g/mol. The molecule has 0 fully saturated rings. The fraction of sp³-hybridized carbons (Fsp3) is 0.700. The van der Waals surface area contributed by atoms with Crippen LogP contribution < -0.4 is 5.32 Å². The quantitative estimate of drug-likeness (QED) is 0.588. The minimum absolute atomic E-state index is 0.0388. The van der Waals surface area contributed by atoms with Crippen molar-refractivity contribution in [3.05, 3.63) is 22.5 Å². The molecule has 1 heterocycles. The molecule has 0 radical (unpaired) electrons. The second-order valence-electron chi connectivity index (χ2n) is 4.21. The second-order valence-corrected chi connectivity index (χ2v) is 4.21. The lowest BCUT2D eigenvalue weighted by Crippen LogP contribution is -2.33. The molecule has 16 heavy (non-hydrogen) atoms. The molecule has 6 heteroatoms. The van der Waals surface area contributed by atoms with Crippen LogP contribution in [0.4, 0.5) is 5.69 Å². The van der Waals surface area contributed by atoms with E-state index in [-0.39, 0.29) is 5.69 Å². The van der Waals surface area contributed by atoms with Crippen LogP contribution in [0, 0.1) is 16.0 Å². The van der Waals surface area contributed by atoms with Gasteiger partial charge in [-0.15, -0.1) is 0 Å². The van der Waals surface area contributed by atoms with Crippen LogP contribution in [0.2, 0.25) is 0 Å². The van der Waals surface area contributed by atoms with Crippen LogP contribution in [0.3, 0.4) is 0 Å². The van der Waals surface area contributed by atoms with Crippen LogP contribution in [-0.2, 0) is 6.54 Å². The molecule has 0 amide bonds. The molecule has 0 saturated carbocycles. The number of hydrogen-bond donors (Lipinski definition) is 1. The second kappa shape index (κ2) is 5.60. The lowest BCUT2D eigenvalue weighted by Gasteiger charge is -2.17. The monoisotopic (exact) mass is 226 g/mol. The highest BCUT2D eigenvalue weighted by Gasteiger charge is 2.09. The molecule has 0 aliphatic rings. The van der Waals surface area contributed by atoms with Gasteiger partial charge in [0.1, 0.15) is 12.4 Å². The largest absolute Gasteiger partial charge is 0.312 e. The van der Waals surface area contributed by atoms with Crippen molar-refractivity contribution < 1.29 is 4.92 Å². The highest BCUT2D eigenvalue weighted by molar-refractivity contribution is 5.20. The van der Waals surface area contributed by atoms with E-state index in [1.165, 1.54) is 12.4 Å². The molecular formula is C10H18N4O2. The van der Waals surface area contributed by atoms with Gasteiger partial charge in [0.15, 0.2) is 0 Å². The van der Waals surface area contributed by atoms with E-state index in [1.807, 2.05) is 0 Å². The Hall–Kier alpha value is -1.43. The maximum atomic E-state index is 10.4. The number of hydrogen-bond acceptors (Lipinski definition) is 4. The standard InChI is InChI=1S/C10H18N4O2/c1-8(2)9(3)11-4-5-13-7-10(6-12-13)14(15)16/h6-9,11H,4-5H2,1-3H3. The summed E-state index contributed by atoms with van der Waals surface area (Å²) in [4.78, 5) is 9.99. The molecule has 1 aromatic rings. The summed E-state index contributed by atoms with van der Waals surface area (Å²) in [7, 11) is 0. The number of nitrogens with zero attached hydrogens (tertiary/aromatic N) is 3. The van der Waals surface area contributed by atoms with Crippen molar-refractivity contribution in [2.24, 2.45) is 5.92 Å². The Labute approximate surface area is 94.8 Å². The zero-order valence-electron chi connectivity index (χ0n) is 9.88. The number of nitro groups is 1. The van der Waals surface area contributed by atoms with E-state index >= 15 is 0 Å². The van der Waals surface area contributed by atoms with E-state index < -0.39 is 4.92 Å². The number of rotatable bonds is 6. The molecule has 1 aromatic heterocycles. The van der Waals surface area contributed by atoms with Gasteiger partial charge in [-0.25, -0.2) is 0 Å². The third-order valence-corrected chi connectivity index (χ3v) is 2.64. The summed E-state index contributed by atoms with van der Waals surface area (Å²) in [5.74, 6) is 0.576. The lowest BCUT2D eigenvalue weighted by molar-refractivity contribution is -0.385. The van der Waals surface area contributed by atoms with Gasteiger partial charge in [0, 0.05) is 12.6 Å². The van der Waals surface area contributed by atoms with E-state index in [0.717, 1.165) is 6.54 Å². The minimum atomic E-state index is -0.437. The third kappa shape index (κ3) is 3.62. The van der Waals surface area contributed by atoms with Crippen molar-refractivity contribution in [2.75, 3.05) is 6.54 Å². The zero-order valence-corrected chi connectivity index (χ0v) is 9.88. The summed E-state index contributed by atoms with van der Waals surface area (Å²) in [6.07, 6.45) is 2.72. The van der Waals surface area contributed by atoms with Crippen molar-refractivity contribution in [1.82, 2.24) is 15.1 Å². The summed E-state index contributed by atoms with van der Waals surface area (Å²) < 4.78 is 1.58. The number of nitrogens with one attached hydrogen (secondary N) is 1. The van der Waals surface area contributed by atoms with Crippen molar-refractivity contribution in [1.29, 1.82) is 0 Å². The molecule has 90 valence electrons. The maximum absolute atomic E-state index is 10.4. The summed E-state index contributed by atoms with van der Waals surface area (Å²) in [5, 5.41) is 17.7. The van der Waals surface area contributed by atoms with Gasteiger partial charge in [0.2, 0.25) is 0 Å². The van der Waals surface area contributed by atoms with Gasteiger partial charge >= 0.3 is 5.69 Å². The van der Waals surface area contributed by atoms with Crippen molar-refractivity contribution in [3.8, 4) is 0 Å². The summed E-state index contributed by atoms with van der Waals surface area (Å²) in [6.45, 7) is 7.83. The van der Waals surface area contributed by atoms with E-state index in [2.05, 4.69) is 31.2 Å². The Morgan fingerprint density at radius 2 is 2.25 bits per heavy atom. The average Bonchev–Trinajstić information content (AvgIpc) is 2.66. The molecule has 0 spiro atoms. The van der Waals surface area contributed by atoms with E-state index in [9.17, 15) is 10.1 Å². The fourth-order valence-corrected chi connectivity index (χ4v) is 1.21. The van der Waals surface area contributed by atoms with Crippen LogP contribution in [-0.4, -0.2) is 27.3 Å². The molecule has 1 rings (SSSR count). The fourth-order valence-electron chi connectivity index (χ4n) is 1.21. The Morgan fingerprint density at radius 3 is 2.75 bits per heavy atom. The molecule has 1 N–H and O–H groups in total. The first kappa shape index (κ1) is 12.6. The highest BCUT2D eigenvalue weighted by atomic mass is 16.6. The molecule has 0 bridgehead atoms. The predicted molar refractivity (Wildman–Crippen MR) is 61.2 cm³/mol. The summed E-state index contributed by atoms with van der Waals surface area (Å²) in [5.41, 5.74) is 0.0388. The smallest absolute Gasteiger partial charge is 0.306 e. The first-order valence-electron chi connectivity index (χ1n) is 5.41. The molecule has 0 aromatic carbocycles. The van der Waals surface area contributed by atoms with Crippen LogP contribution >= 0.6 is 0 Å². The predicted octanol–water partition coefficient (Wildman–Crippen LogP) is 1.43. The van der Waals surface area contributed by atoms with Crippen molar-refractivity contribution >= 4 is 5.69 Å². The molecule has 1 unspecified atom stereocenters. The topological polar surface area (TPSA) is 73.0 Å². The van der Waals surface area contributed by atoms with Gasteiger partial charge in [-0.1, -0.05) is 13.8 Å². The van der Waals surface area contributed by atoms with Gasteiger partial charge in [-0.2, -0.15) is 5.10 Å². The van der Waals surface area contributed by atoms with E-state index in [0.29, 0.717) is 18.5 Å². The van der Waals surface area contributed by atoms with Crippen LogP contribution in [0.1, 0.15) is 20.8 Å². The Morgan fingerprint density at radius 1 is 1.56 bits per heavy atom. The third-order valence-electron chi connectivity index (χ3n) is 2.64. The van der Waals surface area contributed by atoms with Gasteiger partial charge in [0.05, 0.1) is 11.5 Å². The zero-order chi connectivity index (χ0) is 12.1. The first-order chi connectivity index (χ1) is 7.50. The Kier molecular flexibility index (Phi) is 4.42. The van der Waals surface area contributed by atoms with Crippen LogP contribution in [0.5, 0.6) is 0 Å². The SMILES string of the molecule is CC(C)C(C)NCCn1cc([N+](=O)[O-])cn1. The van der Waals surface area contributed by atoms with Crippen LogP contribution in [0.25, 0.3) is 0 Å². The molecule has 1 atom stereocenters. The highest BCUT2D eigenvalue weighted by Crippen LogP contribution is 2.07. The molecule has 0 aliphatic heterocycles. The molecule has 6 nitrogen and oxygen atoms in total. The normalized spacial score (nSPS) is 13.0. The van der Waals surface area contributed by atoms with Gasteiger partial charge < -0.3 is 5.32 Å². The Balaban J connectivity index is 2.35. The van der Waals surface area contributed by atoms with Crippen molar-refractivity contribution in [2.45, 2.75) is 33.4 Å². The Bertz CT molecular complexity index is 348. The van der Waals surface area contributed by atoms with E-state index in [4.69, 9.17) is 0 Å². The summed E-state index contributed by atoms with van der Waals surface area (Å²) >= 11 is 0. The van der Waals surface area contributed by atoms with Gasteiger partial charge in [-0.05, 0) is 12.8 Å². The van der Waals surface area contributed by atoms with Gasteiger partial charge in [0.25, 0.3) is 0 Å². The molecule has 0 aliphatic carbocycles. The van der Waals surface area contributed by atoms with Crippen molar-refractivity contribution in [3.63, 3.8) is 0 Å². The van der Waals surface area contributed by atoms with Gasteiger partial charge in [-0.3, -0.25) is 14.8 Å². The summed E-state index contributed by atoms with van der Waals surface area (Å²) in [6, 6.07) is 0.436. The first-order valence-corrected chi connectivity index (χ1v) is 5.41.